The number of hydrogen-bond acceptors (Lipinski definition) is 1. The molecule has 0 aliphatic rings. The van der Waals surface area contributed by atoms with Crippen LogP contribution >= 0.6 is 23.2 Å². The van der Waals surface area contributed by atoms with E-state index >= 15 is 0 Å². The number of carbonyl (C=O) groups is 1. The predicted octanol–water partition coefficient (Wildman–Crippen LogP) is 5.05. The molecule has 1 nitrogen and oxygen atoms in total. The molecule has 0 radical (unpaired) electrons. The van der Waals surface area contributed by atoms with Crippen LogP contribution in [0.5, 0.6) is 0 Å². The van der Waals surface area contributed by atoms with Crippen LogP contribution in [0.15, 0.2) is 48.5 Å². The summed E-state index contributed by atoms with van der Waals surface area (Å²) < 4.78 is 0. The van der Waals surface area contributed by atoms with Gasteiger partial charge in [-0.15, -0.1) is 0 Å². The van der Waals surface area contributed by atoms with Crippen LogP contribution in [0.1, 0.15) is 22.8 Å². The maximum atomic E-state index is 12.3. The van der Waals surface area contributed by atoms with Crippen molar-refractivity contribution in [1.82, 2.24) is 0 Å². The van der Waals surface area contributed by atoms with E-state index in [0.717, 1.165) is 11.1 Å². The van der Waals surface area contributed by atoms with E-state index in [1.54, 1.807) is 12.1 Å². The Morgan fingerprint density at radius 3 is 2.47 bits per heavy atom. The lowest BCUT2D eigenvalue weighted by Crippen LogP contribution is -2.14. The quantitative estimate of drug-likeness (QED) is 0.720. The van der Waals surface area contributed by atoms with Crippen molar-refractivity contribution in [1.29, 1.82) is 0 Å². The van der Waals surface area contributed by atoms with Crippen molar-refractivity contribution < 1.29 is 4.79 Å². The van der Waals surface area contributed by atoms with Gasteiger partial charge in [0.25, 0.3) is 0 Å². The fourth-order valence-corrected chi connectivity index (χ4v) is 2.40. The molecular formula is C16H14Cl2O. The molecule has 3 heteroatoms. The highest BCUT2D eigenvalue weighted by Gasteiger charge is 2.16. The van der Waals surface area contributed by atoms with Crippen LogP contribution in [0.4, 0.5) is 0 Å². The van der Waals surface area contributed by atoms with Gasteiger partial charge in [0.1, 0.15) is 0 Å². The highest BCUT2D eigenvalue weighted by molar-refractivity contribution is 6.33. The van der Waals surface area contributed by atoms with Crippen LogP contribution < -0.4 is 0 Å². The summed E-state index contributed by atoms with van der Waals surface area (Å²) in [5.74, 6) is -0.00462. The van der Waals surface area contributed by atoms with Crippen molar-refractivity contribution in [3.8, 4) is 0 Å². The topological polar surface area (TPSA) is 17.1 Å². The van der Waals surface area contributed by atoms with Crippen LogP contribution in [0.2, 0.25) is 10.0 Å². The van der Waals surface area contributed by atoms with E-state index in [-0.39, 0.29) is 11.7 Å². The number of carbonyl (C=O) groups excluding carboxylic acids is 1. The Morgan fingerprint density at radius 2 is 1.79 bits per heavy atom. The van der Waals surface area contributed by atoms with Crippen molar-refractivity contribution in [2.75, 3.05) is 0 Å². The molecule has 0 spiro atoms. The number of benzene rings is 2. The predicted molar refractivity (Wildman–Crippen MR) is 80.1 cm³/mol. The van der Waals surface area contributed by atoms with E-state index in [2.05, 4.69) is 0 Å². The molecule has 1 unspecified atom stereocenters. The van der Waals surface area contributed by atoms with Crippen molar-refractivity contribution >= 4 is 29.0 Å². The Hall–Kier alpha value is -1.31. The summed E-state index contributed by atoms with van der Waals surface area (Å²) in [7, 11) is 0. The standard InChI is InChI=1S/C16H14Cl2O/c1-11(16(19)12-5-3-2-4-6-12)9-13-10-14(17)7-8-15(13)18/h2-8,10-11H,9H2,1H3. The molecule has 19 heavy (non-hydrogen) atoms. The molecule has 0 aliphatic carbocycles. The van der Waals surface area contributed by atoms with Gasteiger partial charge in [0.05, 0.1) is 0 Å². The van der Waals surface area contributed by atoms with Gasteiger partial charge < -0.3 is 0 Å². The minimum Gasteiger partial charge on any atom is -0.294 e. The van der Waals surface area contributed by atoms with Gasteiger partial charge in [-0.3, -0.25) is 4.79 Å². The number of rotatable bonds is 4. The van der Waals surface area contributed by atoms with Crippen LogP contribution in [-0.2, 0) is 6.42 Å². The molecule has 0 heterocycles. The first-order valence-corrected chi connectivity index (χ1v) is 6.86. The zero-order valence-electron chi connectivity index (χ0n) is 10.6. The van der Waals surface area contributed by atoms with Gasteiger partial charge in [0.2, 0.25) is 0 Å². The Kier molecular flexibility index (Phi) is 4.62. The van der Waals surface area contributed by atoms with E-state index < -0.39 is 0 Å². The lowest BCUT2D eigenvalue weighted by Gasteiger charge is -2.12. The zero-order valence-corrected chi connectivity index (χ0v) is 12.1. The summed E-state index contributed by atoms with van der Waals surface area (Å²) in [6, 6.07) is 14.6. The van der Waals surface area contributed by atoms with Gasteiger partial charge in [0.15, 0.2) is 5.78 Å². The Labute approximate surface area is 123 Å². The molecule has 98 valence electrons. The van der Waals surface area contributed by atoms with Crippen molar-refractivity contribution in [2.45, 2.75) is 13.3 Å². The first-order valence-electron chi connectivity index (χ1n) is 6.11. The number of hydrogen-bond donors (Lipinski definition) is 0. The van der Waals surface area contributed by atoms with Gasteiger partial charge in [-0.2, -0.15) is 0 Å². The zero-order chi connectivity index (χ0) is 13.8. The molecule has 0 fully saturated rings. The summed E-state index contributed by atoms with van der Waals surface area (Å²) in [6.07, 6.45) is 0.590. The molecule has 1 atom stereocenters. The second-order valence-electron chi connectivity index (χ2n) is 4.57. The molecular weight excluding hydrogens is 279 g/mol. The minimum absolute atomic E-state index is 0.122. The molecule has 0 bridgehead atoms. The Balaban J connectivity index is 2.15. The van der Waals surface area contributed by atoms with Gasteiger partial charge >= 0.3 is 0 Å². The van der Waals surface area contributed by atoms with E-state index in [9.17, 15) is 4.79 Å². The third kappa shape index (κ3) is 3.59. The van der Waals surface area contributed by atoms with E-state index in [0.29, 0.717) is 16.5 Å². The van der Waals surface area contributed by atoms with E-state index in [1.165, 1.54) is 0 Å². The molecule has 2 aromatic carbocycles. The highest BCUT2D eigenvalue weighted by Crippen LogP contribution is 2.24. The van der Waals surface area contributed by atoms with Gasteiger partial charge in [-0.1, -0.05) is 60.5 Å². The van der Waals surface area contributed by atoms with Crippen LogP contribution in [0, 0.1) is 5.92 Å². The normalized spacial score (nSPS) is 12.2. The maximum absolute atomic E-state index is 12.3. The molecule has 0 aromatic heterocycles. The highest BCUT2D eigenvalue weighted by atomic mass is 35.5. The molecule has 0 saturated carbocycles. The Morgan fingerprint density at radius 1 is 1.11 bits per heavy atom. The second kappa shape index (κ2) is 6.23. The summed E-state index contributed by atoms with van der Waals surface area (Å²) in [5, 5.41) is 1.29. The lowest BCUT2D eigenvalue weighted by atomic mass is 9.93. The SMILES string of the molecule is CC(Cc1cc(Cl)ccc1Cl)C(=O)c1ccccc1. The summed E-state index contributed by atoms with van der Waals surface area (Å²) in [6.45, 7) is 1.91. The van der Waals surface area contributed by atoms with Crippen molar-refractivity contribution in [3.05, 3.63) is 69.7 Å². The smallest absolute Gasteiger partial charge is 0.165 e. The van der Waals surface area contributed by atoms with E-state index in [4.69, 9.17) is 23.2 Å². The van der Waals surface area contributed by atoms with Gasteiger partial charge in [-0.05, 0) is 30.2 Å². The summed E-state index contributed by atoms with van der Waals surface area (Å²) in [4.78, 5) is 12.3. The van der Waals surface area contributed by atoms with Crippen molar-refractivity contribution in [3.63, 3.8) is 0 Å². The summed E-state index contributed by atoms with van der Waals surface area (Å²) >= 11 is 12.1. The van der Waals surface area contributed by atoms with Gasteiger partial charge in [0, 0.05) is 21.5 Å². The molecule has 2 rings (SSSR count). The fourth-order valence-electron chi connectivity index (χ4n) is 2.01. The van der Waals surface area contributed by atoms with Gasteiger partial charge in [-0.25, -0.2) is 0 Å². The lowest BCUT2D eigenvalue weighted by molar-refractivity contribution is 0.0929. The third-order valence-corrected chi connectivity index (χ3v) is 3.64. The molecule has 2 aromatic rings. The van der Waals surface area contributed by atoms with Crippen molar-refractivity contribution in [2.24, 2.45) is 5.92 Å². The number of ketones is 1. The molecule has 0 N–H and O–H groups in total. The number of halogens is 2. The number of Topliss-reactive ketones (excluding diaryl/α,β-unsaturated/α-hetero) is 1. The molecule has 0 aliphatic heterocycles. The molecule has 0 saturated heterocycles. The largest absolute Gasteiger partial charge is 0.294 e. The van der Waals surface area contributed by atoms with Crippen LogP contribution in [-0.4, -0.2) is 5.78 Å². The Bertz CT molecular complexity index is 579. The van der Waals surface area contributed by atoms with Crippen LogP contribution in [0.3, 0.4) is 0 Å². The monoisotopic (exact) mass is 292 g/mol. The summed E-state index contributed by atoms with van der Waals surface area (Å²) in [5.41, 5.74) is 1.64. The minimum atomic E-state index is -0.127. The average Bonchev–Trinajstić information content (AvgIpc) is 2.43. The average molecular weight is 293 g/mol. The maximum Gasteiger partial charge on any atom is 0.165 e. The fraction of sp³-hybridized carbons (Fsp3) is 0.188. The first-order chi connectivity index (χ1) is 9.08. The van der Waals surface area contributed by atoms with Crippen LogP contribution in [0.25, 0.3) is 0 Å². The third-order valence-electron chi connectivity index (χ3n) is 3.04. The second-order valence-corrected chi connectivity index (χ2v) is 5.41. The van der Waals surface area contributed by atoms with E-state index in [1.807, 2.05) is 43.3 Å². The first kappa shape index (κ1) is 14.1. The molecule has 0 amide bonds.